The number of likely N-dealkylation sites (N-methyl/N-ethyl adjacent to an activating group) is 1. The molecular formula is C26H34N4O4. The van der Waals surface area contributed by atoms with Crippen LogP contribution in [-0.2, 0) is 17.8 Å². The standard InChI is InChI=1S/C26H34N4O4/c1-4-30(5-2)17-18-33-23-10-8-7-9-21(23)19-27-24(31)15-16-25-28-26(29-34-25)20-11-13-22(14-12-20)32-6-3/h7-14H,4-6,15-19H2,1-3H3,(H,27,31). The summed E-state index contributed by atoms with van der Waals surface area (Å²) in [4.78, 5) is 19.1. The van der Waals surface area contributed by atoms with Crippen molar-refractivity contribution < 1.29 is 18.8 Å². The summed E-state index contributed by atoms with van der Waals surface area (Å²) in [5, 5.41) is 6.97. The quantitative estimate of drug-likeness (QED) is 0.382. The number of aryl methyl sites for hydroxylation is 1. The molecule has 1 heterocycles. The zero-order chi connectivity index (χ0) is 24.2. The molecule has 0 aliphatic heterocycles. The first-order valence-electron chi connectivity index (χ1n) is 11.9. The molecule has 34 heavy (non-hydrogen) atoms. The maximum atomic E-state index is 12.4. The molecule has 8 heteroatoms. The van der Waals surface area contributed by atoms with Gasteiger partial charge in [-0.1, -0.05) is 37.2 Å². The van der Waals surface area contributed by atoms with Gasteiger partial charge in [0.1, 0.15) is 18.1 Å². The Morgan fingerprint density at radius 2 is 1.79 bits per heavy atom. The van der Waals surface area contributed by atoms with Crippen LogP contribution in [0.25, 0.3) is 11.4 Å². The highest BCUT2D eigenvalue weighted by Crippen LogP contribution is 2.21. The molecule has 182 valence electrons. The van der Waals surface area contributed by atoms with Crippen LogP contribution in [-0.4, -0.2) is 53.8 Å². The number of aromatic nitrogens is 2. The molecule has 0 spiro atoms. The maximum Gasteiger partial charge on any atom is 0.227 e. The number of rotatable bonds is 14. The Kier molecular flexibility index (Phi) is 9.91. The number of para-hydroxylation sites is 1. The van der Waals surface area contributed by atoms with Crippen LogP contribution in [0.3, 0.4) is 0 Å². The zero-order valence-electron chi connectivity index (χ0n) is 20.3. The number of hydrogen-bond acceptors (Lipinski definition) is 7. The summed E-state index contributed by atoms with van der Waals surface area (Å²) in [6.07, 6.45) is 0.633. The number of hydrogen-bond donors (Lipinski definition) is 1. The van der Waals surface area contributed by atoms with Crippen molar-refractivity contribution in [2.24, 2.45) is 0 Å². The van der Waals surface area contributed by atoms with Crippen LogP contribution < -0.4 is 14.8 Å². The van der Waals surface area contributed by atoms with Gasteiger partial charge in [-0.2, -0.15) is 4.98 Å². The van der Waals surface area contributed by atoms with Gasteiger partial charge in [-0.25, -0.2) is 0 Å². The van der Waals surface area contributed by atoms with E-state index in [2.05, 4.69) is 34.2 Å². The van der Waals surface area contributed by atoms with Crippen molar-refractivity contribution in [3.63, 3.8) is 0 Å². The summed E-state index contributed by atoms with van der Waals surface area (Å²) < 4.78 is 16.7. The van der Waals surface area contributed by atoms with E-state index in [4.69, 9.17) is 14.0 Å². The van der Waals surface area contributed by atoms with Gasteiger partial charge in [-0.05, 0) is 50.3 Å². The first-order valence-corrected chi connectivity index (χ1v) is 11.9. The molecule has 0 unspecified atom stereocenters. The Morgan fingerprint density at radius 1 is 1.03 bits per heavy atom. The summed E-state index contributed by atoms with van der Waals surface area (Å²) in [7, 11) is 0. The summed E-state index contributed by atoms with van der Waals surface area (Å²) in [6.45, 7) is 10.7. The number of carbonyl (C=O) groups excluding carboxylic acids is 1. The lowest BCUT2D eigenvalue weighted by Crippen LogP contribution is -2.28. The van der Waals surface area contributed by atoms with Gasteiger partial charge in [-0.15, -0.1) is 0 Å². The number of benzene rings is 2. The molecule has 0 atom stereocenters. The number of nitrogens with zero attached hydrogens (tertiary/aromatic N) is 3. The van der Waals surface area contributed by atoms with Crippen molar-refractivity contribution in [2.75, 3.05) is 32.8 Å². The predicted octanol–water partition coefficient (Wildman–Crippen LogP) is 4.10. The van der Waals surface area contributed by atoms with Crippen molar-refractivity contribution in [3.8, 4) is 22.9 Å². The molecular weight excluding hydrogens is 432 g/mol. The van der Waals surface area contributed by atoms with Gasteiger partial charge in [0.2, 0.25) is 17.6 Å². The molecule has 1 amide bonds. The summed E-state index contributed by atoms with van der Waals surface area (Å²) >= 11 is 0. The van der Waals surface area contributed by atoms with Crippen molar-refractivity contribution in [1.29, 1.82) is 0 Å². The Balaban J connectivity index is 1.45. The van der Waals surface area contributed by atoms with E-state index in [1.54, 1.807) is 0 Å². The fourth-order valence-corrected chi connectivity index (χ4v) is 3.46. The minimum atomic E-state index is -0.0845. The number of ether oxygens (including phenoxy) is 2. The van der Waals surface area contributed by atoms with Crippen molar-refractivity contribution in [3.05, 3.63) is 60.0 Å². The summed E-state index contributed by atoms with van der Waals surface area (Å²) in [5.74, 6) is 2.43. The van der Waals surface area contributed by atoms with Crippen molar-refractivity contribution in [2.45, 2.75) is 40.2 Å². The van der Waals surface area contributed by atoms with Crippen LogP contribution in [0, 0.1) is 0 Å². The molecule has 8 nitrogen and oxygen atoms in total. The fraction of sp³-hybridized carbons (Fsp3) is 0.423. The Hall–Kier alpha value is -3.39. The second-order valence-corrected chi connectivity index (χ2v) is 7.73. The van der Waals surface area contributed by atoms with Crippen LogP contribution in [0.15, 0.2) is 53.1 Å². The Morgan fingerprint density at radius 3 is 2.53 bits per heavy atom. The summed E-state index contributed by atoms with van der Waals surface area (Å²) in [6, 6.07) is 15.3. The van der Waals surface area contributed by atoms with E-state index in [1.165, 1.54) is 0 Å². The summed E-state index contributed by atoms with van der Waals surface area (Å²) in [5.41, 5.74) is 1.78. The number of nitrogens with one attached hydrogen (secondary N) is 1. The Labute approximate surface area is 201 Å². The third-order valence-corrected chi connectivity index (χ3v) is 5.47. The van der Waals surface area contributed by atoms with E-state index in [0.29, 0.717) is 37.9 Å². The third kappa shape index (κ3) is 7.59. The number of amides is 1. The van der Waals surface area contributed by atoms with E-state index >= 15 is 0 Å². The van der Waals surface area contributed by atoms with Crippen LogP contribution in [0.5, 0.6) is 11.5 Å². The second kappa shape index (κ2) is 13.3. The lowest BCUT2D eigenvalue weighted by molar-refractivity contribution is -0.121. The molecule has 0 fully saturated rings. The molecule has 0 saturated heterocycles. The van der Waals surface area contributed by atoms with E-state index < -0.39 is 0 Å². The SMILES string of the molecule is CCOc1ccc(-c2noc(CCC(=O)NCc3ccccc3OCCN(CC)CC)n2)cc1. The van der Waals surface area contributed by atoms with Gasteiger partial charge in [0, 0.05) is 37.1 Å². The van der Waals surface area contributed by atoms with Crippen molar-refractivity contribution in [1.82, 2.24) is 20.4 Å². The maximum absolute atomic E-state index is 12.4. The van der Waals surface area contributed by atoms with E-state index in [9.17, 15) is 4.79 Å². The first kappa shape index (κ1) is 25.2. The van der Waals surface area contributed by atoms with E-state index in [1.807, 2.05) is 55.5 Å². The smallest absolute Gasteiger partial charge is 0.227 e. The van der Waals surface area contributed by atoms with E-state index in [0.717, 1.165) is 42.3 Å². The largest absolute Gasteiger partial charge is 0.494 e. The van der Waals surface area contributed by atoms with Crippen molar-refractivity contribution >= 4 is 5.91 Å². The minimum Gasteiger partial charge on any atom is -0.494 e. The molecule has 0 aliphatic carbocycles. The molecule has 3 rings (SSSR count). The van der Waals surface area contributed by atoms with Gasteiger partial charge < -0.3 is 24.2 Å². The topological polar surface area (TPSA) is 89.7 Å². The molecule has 0 radical (unpaired) electrons. The zero-order valence-corrected chi connectivity index (χ0v) is 20.3. The lowest BCUT2D eigenvalue weighted by atomic mass is 10.2. The molecule has 3 aromatic rings. The molecule has 0 bridgehead atoms. The van der Waals surface area contributed by atoms with Crippen LogP contribution in [0.4, 0.5) is 0 Å². The second-order valence-electron chi connectivity index (χ2n) is 7.73. The first-order chi connectivity index (χ1) is 16.6. The average Bonchev–Trinajstić information content (AvgIpc) is 3.34. The highest BCUT2D eigenvalue weighted by molar-refractivity contribution is 5.76. The predicted molar refractivity (Wildman–Crippen MR) is 131 cm³/mol. The number of carbonyl (C=O) groups is 1. The van der Waals surface area contributed by atoms with Gasteiger partial charge >= 0.3 is 0 Å². The van der Waals surface area contributed by atoms with Gasteiger partial charge in [0.25, 0.3) is 0 Å². The third-order valence-electron chi connectivity index (χ3n) is 5.47. The highest BCUT2D eigenvalue weighted by atomic mass is 16.5. The molecule has 0 saturated carbocycles. The van der Waals surface area contributed by atoms with Crippen LogP contribution in [0.1, 0.15) is 38.6 Å². The van der Waals surface area contributed by atoms with Gasteiger partial charge in [0.15, 0.2) is 0 Å². The Bertz CT molecular complexity index is 1020. The van der Waals surface area contributed by atoms with E-state index in [-0.39, 0.29) is 12.3 Å². The molecule has 2 aromatic carbocycles. The normalized spacial score (nSPS) is 10.9. The fourth-order valence-electron chi connectivity index (χ4n) is 3.46. The monoisotopic (exact) mass is 466 g/mol. The molecule has 0 aliphatic rings. The highest BCUT2D eigenvalue weighted by Gasteiger charge is 2.12. The van der Waals surface area contributed by atoms with Crippen LogP contribution >= 0.6 is 0 Å². The van der Waals surface area contributed by atoms with Gasteiger partial charge in [0.05, 0.1) is 6.61 Å². The molecule has 1 N–H and O–H groups in total. The lowest BCUT2D eigenvalue weighted by Gasteiger charge is -2.19. The minimum absolute atomic E-state index is 0.0845. The molecule has 1 aromatic heterocycles. The van der Waals surface area contributed by atoms with Crippen LogP contribution in [0.2, 0.25) is 0 Å². The van der Waals surface area contributed by atoms with Gasteiger partial charge in [-0.3, -0.25) is 4.79 Å². The average molecular weight is 467 g/mol.